The number of benzene rings is 3. The third-order valence-electron chi connectivity index (χ3n) is 9.77. The van der Waals surface area contributed by atoms with E-state index in [1.165, 1.54) is 0 Å². The van der Waals surface area contributed by atoms with Gasteiger partial charge in [-0.05, 0) is 60.9 Å². The molecule has 1 aromatic heterocycles. The van der Waals surface area contributed by atoms with E-state index in [1.807, 2.05) is 61.9 Å². The van der Waals surface area contributed by atoms with Crippen LogP contribution in [0, 0.1) is 23.7 Å². The van der Waals surface area contributed by atoms with Gasteiger partial charge in [0.05, 0.1) is 33.5 Å². The van der Waals surface area contributed by atoms with Crippen molar-refractivity contribution in [3.63, 3.8) is 0 Å². The number of hydroxylamine groups is 2. The number of hydrogen-bond acceptors (Lipinski definition) is 6. The maximum absolute atomic E-state index is 13.6. The van der Waals surface area contributed by atoms with Crippen molar-refractivity contribution in [2.45, 2.75) is 40.0 Å². The second-order valence-electron chi connectivity index (χ2n) is 11.9. The number of imide groups is 1. The van der Waals surface area contributed by atoms with Gasteiger partial charge in [-0.2, -0.15) is 8.42 Å². The molecule has 40 heavy (non-hydrogen) atoms. The van der Waals surface area contributed by atoms with Crippen molar-refractivity contribution in [1.82, 2.24) is 9.63 Å². The molecular formula is C31H28N2O6S. The number of carbonyl (C=O) groups excluding carboxylic acids is 3. The first kappa shape index (κ1) is 25.2. The molecule has 2 fully saturated rings. The molecule has 2 aliphatic carbocycles. The first-order valence-electron chi connectivity index (χ1n) is 13.4. The monoisotopic (exact) mass is 556 g/mol. The van der Waals surface area contributed by atoms with Crippen LogP contribution in [0.3, 0.4) is 0 Å². The standard InChI is InChI=1S/C31H28N2O6S/c1-18-16-32(24-10-5-4-7-20(18)24)25-12-11-23-27-21(25)8-6-9-22(27)28(35)33(29(23)36)39-40(37,38)17-31-14-13-19(15-26(31)34)30(31,2)3/h4-12,16,19H,13-15,17H2,1-3H3. The summed E-state index contributed by atoms with van der Waals surface area (Å²) in [5.41, 5.74) is 1.63. The fourth-order valence-electron chi connectivity index (χ4n) is 7.44. The minimum atomic E-state index is -4.46. The number of hydrogen-bond donors (Lipinski definition) is 0. The van der Waals surface area contributed by atoms with Crippen LogP contribution in [0.1, 0.15) is 59.4 Å². The Hall–Kier alpha value is -3.82. The molecule has 7 rings (SSSR count). The van der Waals surface area contributed by atoms with Crippen molar-refractivity contribution in [2.75, 3.05) is 5.75 Å². The van der Waals surface area contributed by atoms with Crippen molar-refractivity contribution in [3.05, 3.63) is 77.5 Å². The van der Waals surface area contributed by atoms with Crippen molar-refractivity contribution in [2.24, 2.45) is 16.7 Å². The quantitative estimate of drug-likeness (QED) is 0.307. The minimum absolute atomic E-state index is 0.0902. The highest BCUT2D eigenvalue weighted by Gasteiger charge is 2.65. The lowest BCUT2D eigenvalue weighted by Crippen LogP contribution is -2.46. The SMILES string of the molecule is Cc1cn(-c2ccc3c4c(cccc24)C(=O)N(OS(=O)(=O)CC24CCC(CC2=O)C4(C)C)C3=O)c2ccccc12. The van der Waals surface area contributed by atoms with Gasteiger partial charge in [-0.25, -0.2) is 0 Å². The fraction of sp³-hybridized carbons (Fsp3) is 0.323. The molecule has 2 heterocycles. The molecule has 0 saturated heterocycles. The Bertz CT molecular complexity index is 1900. The molecule has 0 N–H and O–H groups in total. The van der Waals surface area contributed by atoms with E-state index >= 15 is 0 Å². The number of para-hydroxylation sites is 1. The number of nitrogens with zero attached hydrogens (tertiary/aromatic N) is 2. The maximum Gasteiger partial charge on any atom is 0.289 e. The number of amides is 2. The molecule has 3 aliphatic rings. The third kappa shape index (κ3) is 3.22. The second kappa shape index (κ2) is 8.11. The summed E-state index contributed by atoms with van der Waals surface area (Å²) in [4.78, 5) is 40.1. The smallest absolute Gasteiger partial charge is 0.289 e. The van der Waals surface area contributed by atoms with Gasteiger partial charge in [-0.15, -0.1) is 9.35 Å². The summed E-state index contributed by atoms with van der Waals surface area (Å²) in [7, 11) is -4.46. The minimum Gasteiger partial charge on any atom is -0.316 e. The van der Waals surface area contributed by atoms with Crippen molar-refractivity contribution >= 4 is 49.4 Å². The van der Waals surface area contributed by atoms with E-state index in [-0.39, 0.29) is 22.8 Å². The zero-order chi connectivity index (χ0) is 28.2. The molecule has 8 nitrogen and oxygen atoms in total. The van der Waals surface area contributed by atoms with Crippen LogP contribution in [0.25, 0.3) is 27.4 Å². The molecule has 3 aromatic carbocycles. The highest BCUT2D eigenvalue weighted by atomic mass is 32.2. The van der Waals surface area contributed by atoms with Gasteiger partial charge in [0.15, 0.2) is 0 Å². The molecule has 204 valence electrons. The Morgan fingerprint density at radius 2 is 1.62 bits per heavy atom. The average molecular weight is 557 g/mol. The number of fused-ring (bicyclic) bond motifs is 3. The molecule has 1 aliphatic heterocycles. The fourth-order valence-corrected chi connectivity index (χ4v) is 9.13. The number of Topliss-reactive ketones (excluding diaryl/α,β-unsaturated/α-hetero) is 1. The molecule has 2 saturated carbocycles. The normalized spacial score (nSPS) is 23.6. The molecule has 2 atom stereocenters. The molecule has 0 radical (unpaired) electrons. The summed E-state index contributed by atoms with van der Waals surface area (Å²) in [6, 6.07) is 16.5. The number of aromatic nitrogens is 1. The number of carbonyl (C=O) groups is 3. The maximum atomic E-state index is 13.6. The summed E-state index contributed by atoms with van der Waals surface area (Å²) >= 11 is 0. The van der Waals surface area contributed by atoms with Crippen LogP contribution >= 0.6 is 0 Å². The predicted octanol–water partition coefficient (Wildman–Crippen LogP) is 5.34. The zero-order valence-corrected chi connectivity index (χ0v) is 23.2. The Labute approximate surface area is 231 Å². The van der Waals surface area contributed by atoms with Gasteiger partial charge in [0.25, 0.3) is 21.9 Å². The lowest BCUT2D eigenvalue weighted by atomic mass is 9.70. The third-order valence-corrected chi connectivity index (χ3v) is 11.0. The summed E-state index contributed by atoms with van der Waals surface area (Å²) in [6.07, 6.45) is 3.58. The lowest BCUT2D eigenvalue weighted by Gasteiger charge is -2.36. The van der Waals surface area contributed by atoms with Gasteiger partial charge in [-0.3, -0.25) is 14.4 Å². The van der Waals surface area contributed by atoms with Gasteiger partial charge in [0.2, 0.25) is 0 Å². The van der Waals surface area contributed by atoms with Gasteiger partial charge < -0.3 is 4.57 Å². The van der Waals surface area contributed by atoms with Gasteiger partial charge >= 0.3 is 0 Å². The van der Waals surface area contributed by atoms with Crippen LogP contribution in [-0.2, 0) is 19.2 Å². The van der Waals surface area contributed by atoms with Crippen molar-refractivity contribution in [1.29, 1.82) is 0 Å². The zero-order valence-electron chi connectivity index (χ0n) is 22.4. The molecule has 4 aromatic rings. The summed E-state index contributed by atoms with van der Waals surface area (Å²) in [5.74, 6) is -2.23. The largest absolute Gasteiger partial charge is 0.316 e. The van der Waals surface area contributed by atoms with Gasteiger partial charge in [0.1, 0.15) is 5.78 Å². The van der Waals surface area contributed by atoms with Gasteiger partial charge in [-0.1, -0.05) is 44.2 Å². The van der Waals surface area contributed by atoms with Crippen molar-refractivity contribution in [3.8, 4) is 5.69 Å². The Balaban J connectivity index is 1.28. The Morgan fingerprint density at radius 3 is 2.33 bits per heavy atom. The highest BCUT2D eigenvalue weighted by molar-refractivity contribution is 7.86. The topological polar surface area (TPSA) is 103 Å². The van der Waals surface area contributed by atoms with Crippen molar-refractivity contribution < 1.29 is 27.1 Å². The van der Waals surface area contributed by atoms with Gasteiger partial charge in [0, 0.05) is 28.8 Å². The highest BCUT2D eigenvalue weighted by Crippen LogP contribution is 2.64. The Morgan fingerprint density at radius 1 is 0.925 bits per heavy atom. The van der Waals surface area contributed by atoms with Crippen LogP contribution in [0.5, 0.6) is 0 Å². The number of aryl methyl sites for hydroxylation is 1. The van der Waals surface area contributed by atoms with E-state index < -0.39 is 38.5 Å². The second-order valence-corrected chi connectivity index (χ2v) is 13.5. The first-order chi connectivity index (χ1) is 18.9. The summed E-state index contributed by atoms with van der Waals surface area (Å²) in [6.45, 7) is 5.87. The van der Waals surface area contributed by atoms with E-state index in [0.29, 0.717) is 28.7 Å². The molecule has 9 heteroatoms. The lowest BCUT2D eigenvalue weighted by molar-refractivity contribution is -0.128. The van der Waals surface area contributed by atoms with E-state index in [2.05, 4.69) is 0 Å². The van der Waals surface area contributed by atoms with E-state index in [9.17, 15) is 22.8 Å². The van der Waals surface area contributed by atoms with E-state index in [1.54, 1.807) is 24.3 Å². The number of ketones is 1. The molecule has 2 unspecified atom stereocenters. The van der Waals surface area contributed by atoms with E-state index in [0.717, 1.165) is 28.6 Å². The molecule has 0 spiro atoms. The summed E-state index contributed by atoms with van der Waals surface area (Å²) in [5, 5.41) is 2.58. The Kier molecular flexibility index (Phi) is 5.10. The molecule has 2 amide bonds. The molecule has 2 bridgehead atoms. The number of rotatable bonds is 5. The van der Waals surface area contributed by atoms with Crippen LogP contribution in [0.2, 0.25) is 0 Å². The van der Waals surface area contributed by atoms with Crippen LogP contribution in [0.4, 0.5) is 0 Å². The molecular weight excluding hydrogens is 528 g/mol. The average Bonchev–Trinajstić information content (AvgIpc) is 3.44. The van der Waals surface area contributed by atoms with Crippen LogP contribution in [-0.4, -0.2) is 41.4 Å². The predicted molar refractivity (Wildman–Crippen MR) is 149 cm³/mol. The van der Waals surface area contributed by atoms with Crippen LogP contribution in [0.15, 0.2) is 60.8 Å². The summed E-state index contributed by atoms with van der Waals surface area (Å²) < 4.78 is 34.0. The van der Waals surface area contributed by atoms with E-state index in [4.69, 9.17) is 4.28 Å². The van der Waals surface area contributed by atoms with Crippen LogP contribution < -0.4 is 0 Å². The first-order valence-corrected chi connectivity index (χ1v) is 15.0.